The number of hydrogen-bond acceptors (Lipinski definition) is 4. The molecule has 1 N–H and O–H groups in total. The molecule has 1 atom stereocenters. The van der Waals surface area contributed by atoms with E-state index in [0.29, 0.717) is 0 Å². The molecule has 2 aliphatic heterocycles. The first-order chi connectivity index (χ1) is 13.8. The lowest BCUT2D eigenvalue weighted by Crippen LogP contribution is -2.41. The Morgan fingerprint density at radius 3 is 2.89 bits per heavy atom. The number of aliphatic imine (C=N–C) groups is 1. The average molecular weight is 387 g/mol. The van der Waals surface area contributed by atoms with Crippen LogP contribution in [0.4, 0.5) is 0 Å². The number of fused-ring (bicyclic) bond motifs is 3. The van der Waals surface area contributed by atoms with Gasteiger partial charge in [0.2, 0.25) is 0 Å². The minimum atomic E-state index is -0.227. The molecule has 5 rings (SSSR count). The summed E-state index contributed by atoms with van der Waals surface area (Å²) in [4.78, 5) is 8.31. The largest absolute Gasteiger partial charge is 0.392 e. The minimum absolute atomic E-state index is 0.0215. The van der Waals surface area contributed by atoms with Gasteiger partial charge in [0, 0.05) is 29.7 Å². The van der Waals surface area contributed by atoms with E-state index in [0.717, 1.165) is 25.0 Å². The molecule has 0 spiro atoms. The summed E-state index contributed by atoms with van der Waals surface area (Å²) in [6.45, 7) is 0.851. The summed E-state index contributed by atoms with van der Waals surface area (Å²) in [7, 11) is 0. The van der Waals surface area contributed by atoms with Crippen LogP contribution < -0.4 is 0 Å². The van der Waals surface area contributed by atoms with Crippen LogP contribution in [0.5, 0.6) is 0 Å². The quantitative estimate of drug-likeness (QED) is 0.826. The van der Waals surface area contributed by atoms with Gasteiger partial charge in [-0.2, -0.15) is 0 Å². The van der Waals surface area contributed by atoms with Crippen LogP contribution in [-0.2, 0) is 6.42 Å². The molecule has 0 amide bonds. The van der Waals surface area contributed by atoms with Crippen LogP contribution in [0.15, 0.2) is 104 Å². The van der Waals surface area contributed by atoms with Gasteiger partial charge in [-0.1, -0.05) is 72.5 Å². The van der Waals surface area contributed by atoms with E-state index in [4.69, 9.17) is 0 Å². The van der Waals surface area contributed by atoms with E-state index >= 15 is 0 Å². The summed E-state index contributed by atoms with van der Waals surface area (Å²) in [5, 5.41) is 12.2. The van der Waals surface area contributed by atoms with Crippen molar-refractivity contribution in [1.29, 1.82) is 0 Å². The number of hydrogen-bond donors (Lipinski definition) is 1. The molecule has 140 valence electrons. The monoisotopic (exact) mass is 386 g/mol. The molecule has 0 aromatic heterocycles. The number of benzene rings is 1. The first-order valence-electron chi connectivity index (χ1n) is 9.69. The topological polar surface area (TPSA) is 35.8 Å². The van der Waals surface area contributed by atoms with Crippen molar-refractivity contribution in [1.82, 2.24) is 4.90 Å². The second kappa shape index (κ2) is 7.46. The van der Waals surface area contributed by atoms with Gasteiger partial charge in [-0.15, -0.1) is 0 Å². The van der Waals surface area contributed by atoms with Crippen molar-refractivity contribution < 1.29 is 5.11 Å². The molecular weight excluding hydrogens is 364 g/mol. The molecule has 0 radical (unpaired) electrons. The lowest BCUT2D eigenvalue weighted by Gasteiger charge is -2.37. The number of thioether (sulfide) groups is 1. The Bertz CT molecular complexity index is 1010. The summed E-state index contributed by atoms with van der Waals surface area (Å²) in [6.07, 6.45) is 14.4. The van der Waals surface area contributed by atoms with Crippen LogP contribution >= 0.6 is 11.8 Å². The predicted molar refractivity (Wildman–Crippen MR) is 117 cm³/mol. The number of aliphatic hydroxyl groups is 1. The highest BCUT2D eigenvalue weighted by molar-refractivity contribution is 8.06. The predicted octanol–water partition coefficient (Wildman–Crippen LogP) is 4.53. The fourth-order valence-corrected chi connectivity index (χ4v) is 5.14. The van der Waals surface area contributed by atoms with Gasteiger partial charge in [-0.05, 0) is 34.1 Å². The molecular formula is C24H22N2OS. The van der Waals surface area contributed by atoms with Crippen molar-refractivity contribution in [3.05, 3.63) is 105 Å². The summed E-state index contributed by atoms with van der Waals surface area (Å²) in [5.41, 5.74) is 7.73. The first-order valence-corrected chi connectivity index (χ1v) is 10.6. The Balaban J connectivity index is 1.57. The van der Waals surface area contributed by atoms with Crippen LogP contribution in [0.25, 0.3) is 0 Å². The smallest absolute Gasteiger partial charge is 0.144 e. The van der Waals surface area contributed by atoms with Crippen LogP contribution in [0.3, 0.4) is 0 Å². The maximum Gasteiger partial charge on any atom is 0.144 e. The van der Waals surface area contributed by atoms with Gasteiger partial charge in [0.05, 0.1) is 12.3 Å². The van der Waals surface area contributed by atoms with Gasteiger partial charge >= 0.3 is 0 Å². The second-order valence-corrected chi connectivity index (χ2v) is 8.15. The first kappa shape index (κ1) is 17.5. The van der Waals surface area contributed by atoms with Gasteiger partial charge in [0.1, 0.15) is 6.17 Å². The SMILES string of the molecule is OCC1N=CC2=CC=CC3=C4SC=CC=C4CC3=C2N1CCc1ccccc1. The average Bonchev–Trinajstić information content (AvgIpc) is 3.01. The fraction of sp³-hybridized carbons (Fsp3) is 0.208. The van der Waals surface area contributed by atoms with Crippen LogP contribution in [0, 0.1) is 0 Å². The summed E-state index contributed by atoms with van der Waals surface area (Å²) >= 11 is 1.81. The van der Waals surface area contributed by atoms with Crippen LogP contribution in [0.1, 0.15) is 12.0 Å². The third kappa shape index (κ3) is 3.03. The van der Waals surface area contributed by atoms with E-state index in [1.54, 1.807) is 11.8 Å². The number of nitrogens with zero attached hydrogens (tertiary/aromatic N) is 2. The zero-order valence-electron chi connectivity index (χ0n) is 15.6. The Kier molecular flexibility index (Phi) is 4.67. The standard InChI is InChI=1S/C24H22N2OS/c27-16-22-25-15-19-8-4-10-20-21(14-18-9-5-13-28-24(18)20)23(19)26(22)12-11-17-6-2-1-3-7-17/h1-10,13,15,22,27H,11-12,14,16H2. The molecule has 1 unspecified atom stereocenters. The maximum atomic E-state index is 10.0. The molecule has 0 bridgehead atoms. The summed E-state index contributed by atoms with van der Waals surface area (Å²) < 4.78 is 0. The fourth-order valence-electron chi connectivity index (χ4n) is 4.24. The lowest BCUT2D eigenvalue weighted by atomic mass is 9.99. The van der Waals surface area contributed by atoms with Gasteiger partial charge in [-0.25, -0.2) is 0 Å². The van der Waals surface area contributed by atoms with Crippen molar-refractivity contribution in [3.8, 4) is 0 Å². The molecule has 2 aliphatic carbocycles. The highest BCUT2D eigenvalue weighted by Gasteiger charge is 2.33. The van der Waals surface area contributed by atoms with Gasteiger partial charge < -0.3 is 10.0 Å². The second-order valence-electron chi connectivity index (χ2n) is 7.24. The summed E-state index contributed by atoms with van der Waals surface area (Å²) in [5.74, 6) is 0. The molecule has 0 saturated heterocycles. The number of rotatable bonds is 4. The molecule has 2 heterocycles. The third-order valence-corrected chi connectivity index (χ3v) is 6.58. The van der Waals surface area contributed by atoms with Crippen molar-refractivity contribution in [2.75, 3.05) is 13.2 Å². The number of allylic oxidation sites excluding steroid dienone is 9. The molecule has 4 aliphatic rings. The van der Waals surface area contributed by atoms with Crippen molar-refractivity contribution in [3.63, 3.8) is 0 Å². The molecule has 0 saturated carbocycles. The molecule has 3 nitrogen and oxygen atoms in total. The van der Waals surface area contributed by atoms with Crippen molar-refractivity contribution in [2.45, 2.75) is 19.0 Å². The zero-order chi connectivity index (χ0) is 18.9. The molecule has 1 aromatic carbocycles. The van der Waals surface area contributed by atoms with Gasteiger partial charge in [0.25, 0.3) is 0 Å². The van der Waals surface area contributed by atoms with Crippen molar-refractivity contribution in [2.24, 2.45) is 4.99 Å². The number of aliphatic hydroxyl groups excluding tert-OH is 1. The minimum Gasteiger partial charge on any atom is -0.392 e. The van der Waals surface area contributed by atoms with E-state index in [1.165, 1.54) is 32.9 Å². The normalized spacial score (nSPS) is 22.6. The van der Waals surface area contributed by atoms with E-state index in [2.05, 4.69) is 69.9 Å². The summed E-state index contributed by atoms with van der Waals surface area (Å²) in [6, 6.07) is 10.5. The maximum absolute atomic E-state index is 10.0. The Morgan fingerprint density at radius 1 is 1.14 bits per heavy atom. The molecule has 0 fully saturated rings. The van der Waals surface area contributed by atoms with Crippen molar-refractivity contribution >= 4 is 18.0 Å². The highest BCUT2D eigenvalue weighted by Crippen LogP contribution is 2.48. The van der Waals surface area contributed by atoms with E-state index in [9.17, 15) is 5.11 Å². The Hall–Kier alpha value is -2.56. The Labute approximate surface area is 169 Å². The van der Waals surface area contributed by atoms with E-state index < -0.39 is 0 Å². The van der Waals surface area contributed by atoms with E-state index in [1.807, 2.05) is 12.3 Å². The lowest BCUT2D eigenvalue weighted by molar-refractivity contribution is 0.158. The molecule has 4 heteroatoms. The highest BCUT2D eigenvalue weighted by atomic mass is 32.2. The van der Waals surface area contributed by atoms with Crippen LogP contribution in [-0.4, -0.2) is 35.5 Å². The zero-order valence-corrected chi connectivity index (χ0v) is 16.4. The molecule has 1 aromatic rings. The van der Waals surface area contributed by atoms with Gasteiger partial charge in [-0.3, -0.25) is 4.99 Å². The van der Waals surface area contributed by atoms with Crippen LogP contribution in [0.2, 0.25) is 0 Å². The Morgan fingerprint density at radius 2 is 2.04 bits per heavy atom. The van der Waals surface area contributed by atoms with Gasteiger partial charge in [0.15, 0.2) is 0 Å². The van der Waals surface area contributed by atoms with E-state index in [-0.39, 0.29) is 12.8 Å². The molecule has 28 heavy (non-hydrogen) atoms. The third-order valence-electron chi connectivity index (χ3n) is 5.57.